The summed E-state index contributed by atoms with van der Waals surface area (Å²) < 4.78 is 0. The van der Waals surface area contributed by atoms with Crippen LogP contribution in [-0.4, -0.2) is 29.8 Å². The minimum absolute atomic E-state index is 0.157. The Morgan fingerprint density at radius 1 is 0.703 bits per heavy atom. The third-order valence-corrected chi connectivity index (χ3v) is 6.01. The van der Waals surface area contributed by atoms with Crippen molar-refractivity contribution in [1.29, 1.82) is 0 Å². The first-order valence-electron chi connectivity index (χ1n) is 12.6. The molecule has 0 fully saturated rings. The zero-order valence-corrected chi connectivity index (χ0v) is 21.4. The van der Waals surface area contributed by atoms with Gasteiger partial charge < -0.3 is 21.7 Å². The molecule has 0 aromatic heterocycles. The third-order valence-electron chi connectivity index (χ3n) is 6.01. The van der Waals surface area contributed by atoms with Gasteiger partial charge >= 0.3 is 0 Å². The number of amides is 3. The molecule has 3 aromatic carbocycles. The molecule has 194 valence electrons. The van der Waals surface area contributed by atoms with Crippen molar-refractivity contribution in [2.45, 2.75) is 51.9 Å². The summed E-state index contributed by atoms with van der Waals surface area (Å²) in [6.45, 7) is 4.75. The quantitative estimate of drug-likeness (QED) is 0.305. The van der Waals surface area contributed by atoms with Crippen LogP contribution in [-0.2, 0) is 29.1 Å². The van der Waals surface area contributed by atoms with Crippen LogP contribution in [0.25, 0.3) is 0 Å². The lowest BCUT2D eigenvalue weighted by atomic mass is 10.0. The highest BCUT2D eigenvalue weighted by Crippen LogP contribution is 2.10. The topological polar surface area (TPSA) is 113 Å². The molecule has 2 unspecified atom stereocenters. The molecule has 7 heteroatoms. The molecule has 3 aromatic rings. The van der Waals surface area contributed by atoms with Gasteiger partial charge in [-0.25, -0.2) is 0 Å². The zero-order valence-electron chi connectivity index (χ0n) is 21.4. The average Bonchev–Trinajstić information content (AvgIpc) is 2.92. The van der Waals surface area contributed by atoms with Gasteiger partial charge in [0.2, 0.25) is 11.8 Å². The number of nitrogens with one attached hydrogen (secondary N) is 3. The van der Waals surface area contributed by atoms with E-state index in [0.717, 1.165) is 16.7 Å². The van der Waals surface area contributed by atoms with E-state index in [4.69, 9.17) is 5.73 Å². The molecule has 3 rings (SSSR count). The molecule has 2 atom stereocenters. The molecule has 0 spiro atoms. The van der Waals surface area contributed by atoms with E-state index in [1.165, 1.54) is 0 Å². The summed E-state index contributed by atoms with van der Waals surface area (Å²) in [5.41, 5.74) is 9.00. The van der Waals surface area contributed by atoms with Crippen molar-refractivity contribution in [3.63, 3.8) is 0 Å². The second-order valence-electron chi connectivity index (χ2n) is 9.51. The summed E-state index contributed by atoms with van der Waals surface area (Å²) in [6, 6.07) is 24.4. The van der Waals surface area contributed by atoms with E-state index in [-0.39, 0.29) is 23.6 Å². The highest BCUT2D eigenvalue weighted by atomic mass is 16.2. The zero-order chi connectivity index (χ0) is 26.6. The van der Waals surface area contributed by atoms with E-state index < -0.39 is 12.1 Å². The average molecular weight is 501 g/mol. The first-order valence-corrected chi connectivity index (χ1v) is 12.6. The van der Waals surface area contributed by atoms with E-state index in [1.807, 2.05) is 74.5 Å². The fourth-order valence-corrected chi connectivity index (χ4v) is 3.97. The van der Waals surface area contributed by atoms with E-state index in [9.17, 15) is 14.4 Å². The number of carbonyl (C=O) groups is 3. The van der Waals surface area contributed by atoms with Crippen molar-refractivity contribution >= 4 is 17.7 Å². The van der Waals surface area contributed by atoms with Crippen molar-refractivity contribution in [3.8, 4) is 0 Å². The van der Waals surface area contributed by atoms with Gasteiger partial charge in [0.05, 0.1) is 0 Å². The van der Waals surface area contributed by atoms with Crippen LogP contribution in [0.15, 0.2) is 84.9 Å². The molecule has 0 radical (unpaired) electrons. The normalized spacial score (nSPS) is 12.4. The fourth-order valence-electron chi connectivity index (χ4n) is 3.97. The Hall–Kier alpha value is -3.97. The van der Waals surface area contributed by atoms with Crippen LogP contribution < -0.4 is 21.7 Å². The molecule has 0 heterocycles. The second-order valence-corrected chi connectivity index (χ2v) is 9.51. The Kier molecular flexibility index (Phi) is 10.4. The largest absolute Gasteiger partial charge is 0.350 e. The fraction of sp³-hybridized carbons (Fsp3) is 0.300. The molecular formula is C30H36N4O3. The molecule has 0 aliphatic carbocycles. The van der Waals surface area contributed by atoms with Crippen LogP contribution >= 0.6 is 0 Å². The number of hydrogen-bond acceptors (Lipinski definition) is 4. The van der Waals surface area contributed by atoms with Gasteiger partial charge in [-0.15, -0.1) is 0 Å². The molecule has 3 amide bonds. The molecular weight excluding hydrogens is 464 g/mol. The van der Waals surface area contributed by atoms with Gasteiger partial charge in [-0.05, 0) is 41.2 Å². The van der Waals surface area contributed by atoms with Crippen molar-refractivity contribution in [3.05, 3.63) is 107 Å². The van der Waals surface area contributed by atoms with Gasteiger partial charge in [-0.1, -0.05) is 86.6 Å². The van der Waals surface area contributed by atoms with Gasteiger partial charge in [0.25, 0.3) is 5.91 Å². The summed E-state index contributed by atoms with van der Waals surface area (Å²) in [5, 5.41) is 8.68. The highest BCUT2D eigenvalue weighted by molar-refractivity contribution is 5.98. The molecule has 0 aliphatic heterocycles. The minimum atomic E-state index is -0.804. The van der Waals surface area contributed by atoms with Crippen LogP contribution in [0.2, 0.25) is 0 Å². The minimum Gasteiger partial charge on any atom is -0.350 e. The number of rotatable bonds is 12. The maximum absolute atomic E-state index is 13.4. The summed E-state index contributed by atoms with van der Waals surface area (Å²) in [7, 11) is 0. The molecule has 0 saturated carbocycles. The Labute approximate surface area is 218 Å². The maximum atomic E-state index is 13.4. The molecule has 7 nitrogen and oxygen atoms in total. The highest BCUT2D eigenvalue weighted by Gasteiger charge is 2.28. The van der Waals surface area contributed by atoms with Crippen molar-refractivity contribution in [2.24, 2.45) is 11.7 Å². The van der Waals surface area contributed by atoms with Crippen LogP contribution in [0.5, 0.6) is 0 Å². The Morgan fingerprint density at radius 2 is 1.30 bits per heavy atom. The summed E-state index contributed by atoms with van der Waals surface area (Å²) >= 11 is 0. The molecule has 5 N–H and O–H groups in total. The maximum Gasteiger partial charge on any atom is 0.251 e. The van der Waals surface area contributed by atoms with Gasteiger partial charge in [-0.2, -0.15) is 0 Å². The van der Waals surface area contributed by atoms with Crippen molar-refractivity contribution in [1.82, 2.24) is 16.0 Å². The number of hydrogen-bond donors (Lipinski definition) is 4. The van der Waals surface area contributed by atoms with Gasteiger partial charge in [0.15, 0.2) is 0 Å². The number of nitrogens with two attached hydrogens (primary N) is 1. The Bertz CT molecular complexity index is 1150. The van der Waals surface area contributed by atoms with Gasteiger partial charge in [-0.3, -0.25) is 14.4 Å². The van der Waals surface area contributed by atoms with Gasteiger partial charge in [0, 0.05) is 25.1 Å². The molecule has 0 bridgehead atoms. The predicted octanol–water partition coefficient (Wildman–Crippen LogP) is 3.33. The lowest BCUT2D eigenvalue weighted by molar-refractivity contribution is -0.130. The first-order chi connectivity index (χ1) is 17.9. The summed E-state index contributed by atoms with van der Waals surface area (Å²) in [5.74, 6) is -0.852. The third kappa shape index (κ3) is 8.88. The molecule has 0 aliphatic rings. The van der Waals surface area contributed by atoms with E-state index in [1.54, 1.807) is 24.3 Å². The number of benzene rings is 3. The second kappa shape index (κ2) is 13.9. The van der Waals surface area contributed by atoms with E-state index in [2.05, 4.69) is 16.0 Å². The van der Waals surface area contributed by atoms with E-state index >= 15 is 0 Å². The molecule has 0 saturated heterocycles. The summed E-state index contributed by atoms with van der Waals surface area (Å²) in [4.78, 5) is 39.4. The predicted molar refractivity (Wildman–Crippen MR) is 145 cm³/mol. The first kappa shape index (κ1) is 27.6. The summed E-state index contributed by atoms with van der Waals surface area (Å²) in [6.07, 6.45) is 0.767. The van der Waals surface area contributed by atoms with Crippen LogP contribution in [0.4, 0.5) is 0 Å². The van der Waals surface area contributed by atoms with Crippen LogP contribution in [0.3, 0.4) is 0 Å². The number of carbonyl (C=O) groups excluding carboxylic acids is 3. The monoisotopic (exact) mass is 500 g/mol. The SMILES string of the molecule is CC(C)CC(NC(=O)c1ccccc1)C(=O)NC(Cc1ccccc1)C(=O)NCc1ccc(CN)cc1. The van der Waals surface area contributed by atoms with Crippen molar-refractivity contribution in [2.75, 3.05) is 0 Å². The smallest absolute Gasteiger partial charge is 0.251 e. The molecule has 37 heavy (non-hydrogen) atoms. The van der Waals surface area contributed by atoms with Crippen LogP contribution in [0.1, 0.15) is 47.3 Å². The van der Waals surface area contributed by atoms with Gasteiger partial charge in [0.1, 0.15) is 12.1 Å². The lowest BCUT2D eigenvalue weighted by Crippen LogP contribution is -2.54. The lowest BCUT2D eigenvalue weighted by Gasteiger charge is -2.24. The van der Waals surface area contributed by atoms with E-state index in [0.29, 0.717) is 31.5 Å². The van der Waals surface area contributed by atoms with Crippen LogP contribution in [0, 0.1) is 5.92 Å². The Morgan fingerprint density at radius 3 is 1.89 bits per heavy atom. The Balaban J connectivity index is 1.73. The standard InChI is InChI=1S/C30H36N4O3/c1-21(2)17-26(33-28(35)25-11-7-4-8-12-25)30(37)34-27(18-22-9-5-3-6-10-22)29(36)32-20-24-15-13-23(19-31)14-16-24/h3-16,21,26-27H,17-20,31H2,1-2H3,(H,32,36)(H,33,35)(H,34,37). The van der Waals surface area contributed by atoms with Crippen molar-refractivity contribution < 1.29 is 14.4 Å².